The number of carbonyl (C=O) groups is 3. The topological polar surface area (TPSA) is 79.0 Å². The predicted molar refractivity (Wildman–Crippen MR) is 137 cm³/mol. The Labute approximate surface area is 208 Å². The molecule has 0 heterocycles. The van der Waals surface area contributed by atoms with Gasteiger partial charge in [0.05, 0.1) is 6.54 Å². The van der Waals surface area contributed by atoms with Crippen LogP contribution in [0.3, 0.4) is 0 Å². The highest BCUT2D eigenvalue weighted by atomic mass is 16.6. The van der Waals surface area contributed by atoms with Crippen LogP contribution in [-0.2, 0) is 14.3 Å². The Bertz CT molecular complexity index is 993. The Morgan fingerprint density at radius 1 is 0.971 bits per heavy atom. The lowest BCUT2D eigenvalue weighted by atomic mass is 9.98. The molecule has 1 atom stereocenters. The van der Waals surface area contributed by atoms with Crippen LogP contribution in [0.2, 0.25) is 0 Å². The monoisotopic (exact) mass is 479 g/mol. The van der Waals surface area contributed by atoms with Crippen LogP contribution in [0, 0.1) is 0 Å². The Balaban J connectivity index is 1.64. The molecule has 3 rings (SSSR count). The normalized spacial score (nSPS) is 12.9. The van der Waals surface area contributed by atoms with Crippen molar-refractivity contribution in [3.05, 3.63) is 59.7 Å². The summed E-state index contributed by atoms with van der Waals surface area (Å²) in [7, 11) is 3.12. The van der Waals surface area contributed by atoms with Crippen LogP contribution < -0.4 is 5.32 Å². The van der Waals surface area contributed by atoms with E-state index in [2.05, 4.69) is 36.5 Å². The molecule has 1 N–H and O–H groups in total. The quantitative estimate of drug-likeness (QED) is 0.484. The van der Waals surface area contributed by atoms with E-state index in [1.807, 2.05) is 24.3 Å². The lowest BCUT2D eigenvalue weighted by molar-refractivity contribution is -0.139. The molecule has 2 aromatic carbocycles. The van der Waals surface area contributed by atoms with Crippen molar-refractivity contribution < 1.29 is 19.1 Å². The zero-order chi connectivity index (χ0) is 25.4. The van der Waals surface area contributed by atoms with Gasteiger partial charge in [-0.3, -0.25) is 14.5 Å². The minimum atomic E-state index is -0.749. The predicted octanol–water partition coefficient (Wildman–Crippen LogP) is 4.41. The average Bonchev–Trinajstić information content (AvgIpc) is 3.21. The van der Waals surface area contributed by atoms with Crippen molar-refractivity contribution in [3.8, 4) is 11.1 Å². The summed E-state index contributed by atoms with van der Waals surface area (Å²) in [5.74, 6) is -0.542. The van der Waals surface area contributed by atoms with Gasteiger partial charge >= 0.3 is 6.09 Å². The zero-order valence-corrected chi connectivity index (χ0v) is 21.3. The average molecular weight is 480 g/mol. The molecule has 1 aliphatic carbocycles. The lowest BCUT2D eigenvalue weighted by Crippen LogP contribution is -2.50. The number of ether oxygens (including phenoxy) is 1. The van der Waals surface area contributed by atoms with Crippen molar-refractivity contribution in [2.24, 2.45) is 0 Å². The number of benzene rings is 2. The second-order valence-corrected chi connectivity index (χ2v) is 9.08. The smallest absolute Gasteiger partial charge is 0.410 e. The summed E-state index contributed by atoms with van der Waals surface area (Å²) in [6, 6.07) is 15.6. The first-order valence-corrected chi connectivity index (χ1v) is 12.5. The fourth-order valence-electron chi connectivity index (χ4n) is 4.53. The molecular formula is C28H37N3O4. The highest BCUT2D eigenvalue weighted by Gasteiger charge is 2.32. The molecule has 0 radical (unpaired) electrons. The Morgan fingerprint density at radius 3 is 2.14 bits per heavy atom. The molecule has 3 amide bonds. The third-order valence-corrected chi connectivity index (χ3v) is 6.77. The molecule has 1 aliphatic rings. The summed E-state index contributed by atoms with van der Waals surface area (Å²) in [5, 5.41) is 2.57. The third-order valence-electron chi connectivity index (χ3n) is 6.77. The number of fused-ring (bicyclic) bond motifs is 3. The third kappa shape index (κ3) is 6.21. The number of likely N-dealkylation sites (N-methyl/N-ethyl adjacent to an activating group) is 2. The van der Waals surface area contributed by atoms with E-state index in [0.29, 0.717) is 6.54 Å². The zero-order valence-electron chi connectivity index (χ0n) is 21.3. The van der Waals surface area contributed by atoms with Crippen LogP contribution in [0.4, 0.5) is 4.79 Å². The first kappa shape index (κ1) is 26.3. The largest absolute Gasteiger partial charge is 0.448 e. The van der Waals surface area contributed by atoms with E-state index in [0.717, 1.165) is 47.9 Å². The maximum absolute atomic E-state index is 13.2. The van der Waals surface area contributed by atoms with Gasteiger partial charge in [0.1, 0.15) is 12.6 Å². The SMILES string of the molecule is CCCCCCN(CC(=O)NC)C(=O)[C@H](C)N(C)C(=O)OCC1c2ccccc2-c2ccccc21. The van der Waals surface area contributed by atoms with Crippen LogP contribution in [0.5, 0.6) is 0 Å². The molecule has 0 saturated carbocycles. The summed E-state index contributed by atoms with van der Waals surface area (Å²) in [4.78, 5) is 40.9. The fraction of sp³-hybridized carbons (Fsp3) is 0.464. The molecule has 7 nitrogen and oxygen atoms in total. The molecule has 35 heavy (non-hydrogen) atoms. The molecule has 188 valence electrons. The molecule has 0 fully saturated rings. The first-order chi connectivity index (χ1) is 16.9. The van der Waals surface area contributed by atoms with E-state index in [9.17, 15) is 14.4 Å². The summed E-state index contributed by atoms with van der Waals surface area (Å²) >= 11 is 0. The van der Waals surface area contributed by atoms with E-state index in [4.69, 9.17) is 4.74 Å². The first-order valence-electron chi connectivity index (χ1n) is 12.5. The van der Waals surface area contributed by atoms with Gasteiger partial charge in [0.25, 0.3) is 0 Å². The van der Waals surface area contributed by atoms with Crippen molar-refractivity contribution in [2.45, 2.75) is 51.5 Å². The summed E-state index contributed by atoms with van der Waals surface area (Å²) in [6.45, 7) is 4.45. The van der Waals surface area contributed by atoms with Gasteiger partial charge in [0, 0.05) is 26.6 Å². The second-order valence-electron chi connectivity index (χ2n) is 9.08. The Kier molecular flexibility index (Phi) is 9.29. The van der Waals surface area contributed by atoms with E-state index < -0.39 is 12.1 Å². The molecule has 0 aromatic heterocycles. The number of rotatable bonds is 11. The standard InChI is InChI=1S/C28H37N3O4/c1-5-6-7-12-17-31(18-26(32)29-3)27(33)20(2)30(4)28(34)35-19-25-23-15-10-8-13-21(23)22-14-9-11-16-24(22)25/h8-11,13-16,20,25H,5-7,12,17-19H2,1-4H3,(H,29,32)/t20-/m0/s1. The van der Waals surface area contributed by atoms with Crippen molar-refractivity contribution in [1.29, 1.82) is 0 Å². The molecule has 2 aromatic rings. The minimum Gasteiger partial charge on any atom is -0.448 e. The maximum Gasteiger partial charge on any atom is 0.410 e. The minimum absolute atomic E-state index is 0.0235. The van der Waals surface area contributed by atoms with Crippen molar-refractivity contribution in [1.82, 2.24) is 15.1 Å². The van der Waals surface area contributed by atoms with E-state index in [-0.39, 0.29) is 30.9 Å². The van der Waals surface area contributed by atoms with Crippen LogP contribution in [-0.4, -0.2) is 67.5 Å². The van der Waals surface area contributed by atoms with Gasteiger partial charge in [0.2, 0.25) is 11.8 Å². The van der Waals surface area contributed by atoms with Gasteiger partial charge < -0.3 is 15.0 Å². The Hall–Kier alpha value is -3.35. The fourth-order valence-corrected chi connectivity index (χ4v) is 4.53. The molecule has 0 saturated heterocycles. The van der Waals surface area contributed by atoms with Crippen molar-refractivity contribution >= 4 is 17.9 Å². The van der Waals surface area contributed by atoms with E-state index >= 15 is 0 Å². The molecule has 0 bridgehead atoms. The number of nitrogens with zero attached hydrogens (tertiary/aromatic N) is 2. The van der Waals surface area contributed by atoms with Gasteiger partial charge in [-0.25, -0.2) is 4.79 Å². The highest BCUT2D eigenvalue weighted by molar-refractivity contribution is 5.89. The van der Waals surface area contributed by atoms with Gasteiger partial charge in [-0.15, -0.1) is 0 Å². The summed E-state index contributed by atoms with van der Waals surface area (Å²) in [6.07, 6.45) is 3.42. The second kappa shape index (κ2) is 12.4. The number of hydrogen-bond acceptors (Lipinski definition) is 4. The number of amides is 3. The van der Waals surface area contributed by atoms with Crippen molar-refractivity contribution in [3.63, 3.8) is 0 Å². The number of hydrogen-bond donors (Lipinski definition) is 1. The van der Waals surface area contributed by atoms with Crippen LogP contribution >= 0.6 is 0 Å². The van der Waals surface area contributed by atoms with E-state index in [1.165, 1.54) is 9.80 Å². The number of carbonyl (C=O) groups excluding carboxylic acids is 3. The van der Waals surface area contributed by atoms with Crippen molar-refractivity contribution in [2.75, 3.05) is 33.8 Å². The van der Waals surface area contributed by atoms with Crippen LogP contribution in [0.15, 0.2) is 48.5 Å². The number of nitrogens with one attached hydrogen (secondary N) is 1. The maximum atomic E-state index is 13.2. The molecule has 0 unspecified atom stereocenters. The molecule has 0 aliphatic heterocycles. The lowest BCUT2D eigenvalue weighted by Gasteiger charge is -2.30. The molecular weight excluding hydrogens is 442 g/mol. The molecule has 0 spiro atoms. The van der Waals surface area contributed by atoms with Gasteiger partial charge in [-0.2, -0.15) is 0 Å². The highest BCUT2D eigenvalue weighted by Crippen LogP contribution is 2.44. The summed E-state index contributed by atoms with van der Waals surface area (Å²) < 4.78 is 5.70. The number of unbranched alkanes of at least 4 members (excludes halogenated alkanes) is 3. The van der Waals surface area contributed by atoms with Gasteiger partial charge in [-0.05, 0) is 35.6 Å². The Morgan fingerprint density at radius 2 is 1.57 bits per heavy atom. The van der Waals surface area contributed by atoms with Crippen LogP contribution in [0.25, 0.3) is 11.1 Å². The van der Waals surface area contributed by atoms with Crippen LogP contribution in [0.1, 0.15) is 56.6 Å². The molecule has 7 heteroatoms. The summed E-state index contributed by atoms with van der Waals surface area (Å²) in [5.41, 5.74) is 4.59. The van der Waals surface area contributed by atoms with E-state index in [1.54, 1.807) is 21.0 Å². The van der Waals surface area contributed by atoms with Gasteiger partial charge in [-0.1, -0.05) is 74.7 Å². The van der Waals surface area contributed by atoms with Gasteiger partial charge in [0.15, 0.2) is 0 Å².